The van der Waals surface area contributed by atoms with Crippen molar-refractivity contribution >= 4 is 9.84 Å². The topological polar surface area (TPSA) is 60.2 Å². The molecular weight excluding hydrogens is 291 g/mol. The molecule has 0 heterocycles. The predicted octanol–water partition coefficient (Wildman–Crippen LogP) is 2.92. The number of unbranched alkanes of at least 4 members (excludes halogenated alkanes) is 1. The van der Waals surface area contributed by atoms with Crippen LogP contribution in [0.4, 0.5) is 13.2 Å². The standard InChI is InChI=1S/C13H18F3NO2S/c1-2-3-7-20(18,19)9-12(17)10-5-4-6-11(8-10)13(14,15)16/h4-6,8,12H,2-3,7,9,17H2,1H3. The van der Waals surface area contributed by atoms with Crippen LogP contribution in [-0.4, -0.2) is 19.9 Å². The number of hydrogen-bond acceptors (Lipinski definition) is 3. The van der Waals surface area contributed by atoms with E-state index < -0.39 is 27.6 Å². The lowest BCUT2D eigenvalue weighted by molar-refractivity contribution is -0.137. The molecule has 0 fully saturated rings. The molecular formula is C13H18F3NO2S. The van der Waals surface area contributed by atoms with E-state index in [-0.39, 0.29) is 17.1 Å². The summed E-state index contributed by atoms with van der Waals surface area (Å²) < 4.78 is 61.2. The van der Waals surface area contributed by atoms with E-state index in [0.29, 0.717) is 6.42 Å². The summed E-state index contributed by atoms with van der Waals surface area (Å²) in [5, 5.41) is 0. The van der Waals surface area contributed by atoms with E-state index in [4.69, 9.17) is 5.73 Å². The Balaban J connectivity index is 2.85. The molecule has 0 aliphatic heterocycles. The van der Waals surface area contributed by atoms with Crippen molar-refractivity contribution < 1.29 is 21.6 Å². The normalized spacial score (nSPS) is 14.2. The number of benzene rings is 1. The monoisotopic (exact) mass is 309 g/mol. The molecule has 0 aliphatic rings. The van der Waals surface area contributed by atoms with Crippen LogP contribution in [0.2, 0.25) is 0 Å². The Bertz CT molecular complexity index is 541. The molecule has 2 N–H and O–H groups in total. The molecule has 3 nitrogen and oxygen atoms in total. The Morgan fingerprint density at radius 1 is 1.30 bits per heavy atom. The molecule has 0 spiro atoms. The lowest BCUT2D eigenvalue weighted by Crippen LogP contribution is -2.24. The Kier molecular flexibility index (Phi) is 5.59. The molecule has 1 aromatic carbocycles. The molecule has 0 bridgehead atoms. The summed E-state index contributed by atoms with van der Waals surface area (Å²) in [6.45, 7) is 1.86. The van der Waals surface area contributed by atoms with E-state index in [2.05, 4.69) is 0 Å². The molecule has 114 valence electrons. The first-order valence-electron chi connectivity index (χ1n) is 6.29. The number of alkyl halides is 3. The molecule has 0 saturated heterocycles. The van der Waals surface area contributed by atoms with Crippen molar-refractivity contribution in [1.82, 2.24) is 0 Å². The van der Waals surface area contributed by atoms with E-state index in [1.165, 1.54) is 12.1 Å². The zero-order valence-electron chi connectivity index (χ0n) is 11.2. The largest absolute Gasteiger partial charge is 0.416 e. The zero-order chi connectivity index (χ0) is 15.4. The maximum absolute atomic E-state index is 12.6. The van der Waals surface area contributed by atoms with Gasteiger partial charge >= 0.3 is 6.18 Å². The quantitative estimate of drug-likeness (QED) is 0.879. The predicted molar refractivity (Wildman–Crippen MR) is 71.9 cm³/mol. The average Bonchev–Trinajstić information content (AvgIpc) is 2.35. The third-order valence-corrected chi connectivity index (χ3v) is 4.66. The van der Waals surface area contributed by atoms with E-state index >= 15 is 0 Å². The lowest BCUT2D eigenvalue weighted by atomic mass is 10.1. The van der Waals surface area contributed by atoms with Gasteiger partial charge in [0, 0.05) is 6.04 Å². The van der Waals surface area contributed by atoms with Crippen molar-refractivity contribution in [2.24, 2.45) is 5.73 Å². The number of nitrogens with two attached hydrogens (primary N) is 1. The van der Waals surface area contributed by atoms with Gasteiger partial charge in [-0.3, -0.25) is 0 Å². The third kappa shape index (κ3) is 5.13. The molecule has 1 atom stereocenters. The zero-order valence-corrected chi connectivity index (χ0v) is 12.0. The number of halogens is 3. The van der Waals surface area contributed by atoms with E-state index in [1.54, 1.807) is 0 Å². The highest BCUT2D eigenvalue weighted by Gasteiger charge is 2.31. The molecule has 0 saturated carbocycles. The van der Waals surface area contributed by atoms with E-state index in [1.807, 2.05) is 6.92 Å². The van der Waals surface area contributed by atoms with Crippen molar-refractivity contribution in [2.75, 3.05) is 11.5 Å². The van der Waals surface area contributed by atoms with Crippen molar-refractivity contribution in [2.45, 2.75) is 32.0 Å². The molecule has 1 unspecified atom stereocenters. The fourth-order valence-electron chi connectivity index (χ4n) is 1.76. The van der Waals surface area contributed by atoms with Crippen molar-refractivity contribution in [3.8, 4) is 0 Å². The minimum atomic E-state index is -4.46. The van der Waals surface area contributed by atoms with Crippen LogP contribution in [-0.2, 0) is 16.0 Å². The molecule has 20 heavy (non-hydrogen) atoms. The second-order valence-corrected chi connectivity index (χ2v) is 6.93. The second kappa shape index (κ2) is 6.58. The third-order valence-electron chi connectivity index (χ3n) is 2.88. The van der Waals surface area contributed by atoms with Gasteiger partial charge in [0.05, 0.1) is 17.1 Å². The van der Waals surface area contributed by atoms with E-state index in [0.717, 1.165) is 18.6 Å². The SMILES string of the molecule is CCCCS(=O)(=O)CC(N)c1cccc(C(F)(F)F)c1. The van der Waals surface area contributed by atoms with Gasteiger partial charge in [0.2, 0.25) is 0 Å². The summed E-state index contributed by atoms with van der Waals surface area (Å²) in [7, 11) is -3.35. The molecule has 0 aliphatic carbocycles. The second-order valence-electron chi connectivity index (χ2n) is 4.70. The van der Waals surface area contributed by atoms with Crippen LogP contribution >= 0.6 is 0 Å². The first-order valence-corrected chi connectivity index (χ1v) is 8.11. The van der Waals surface area contributed by atoms with Crippen LogP contribution in [0.3, 0.4) is 0 Å². The van der Waals surface area contributed by atoms with Gasteiger partial charge in [-0.05, 0) is 24.1 Å². The van der Waals surface area contributed by atoms with Crippen LogP contribution in [0.15, 0.2) is 24.3 Å². The molecule has 0 radical (unpaired) electrons. The van der Waals surface area contributed by atoms with Gasteiger partial charge in [-0.2, -0.15) is 13.2 Å². The van der Waals surface area contributed by atoms with Gasteiger partial charge < -0.3 is 5.73 Å². The van der Waals surface area contributed by atoms with Gasteiger partial charge in [-0.25, -0.2) is 8.42 Å². The Morgan fingerprint density at radius 3 is 2.50 bits per heavy atom. The fourth-order valence-corrected chi connectivity index (χ4v) is 3.40. The summed E-state index contributed by atoms with van der Waals surface area (Å²) in [5.41, 5.74) is 5.08. The summed E-state index contributed by atoms with van der Waals surface area (Å²) in [5.74, 6) is -0.329. The average molecular weight is 309 g/mol. The maximum atomic E-state index is 12.6. The Morgan fingerprint density at radius 2 is 1.95 bits per heavy atom. The first-order chi connectivity index (χ1) is 9.15. The summed E-state index contributed by atoms with van der Waals surface area (Å²) in [4.78, 5) is 0. The molecule has 7 heteroatoms. The highest BCUT2D eigenvalue weighted by Crippen LogP contribution is 2.30. The fraction of sp³-hybridized carbons (Fsp3) is 0.538. The van der Waals surface area contributed by atoms with Gasteiger partial charge in [0.15, 0.2) is 9.84 Å². The van der Waals surface area contributed by atoms with Gasteiger partial charge in [-0.1, -0.05) is 25.5 Å². The van der Waals surface area contributed by atoms with Crippen molar-refractivity contribution in [3.05, 3.63) is 35.4 Å². The van der Waals surface area contributed by atoms with Gasteiger partial charge in [0.25, 0.3) is 0 Å². The van der Waals surface area contributed by atoms with Crippen molar-refractivity contribution in [3.63, 3.8) is 0 Å². The number of hydrogen-bond donors (Lipinski definition) is 1. The highest BCUT2D eigenvalue weighted by atomic mass is 32.2. The molecule has 1 aromatic rings. The number of rotatable bonds is 6. The van der Waals surface area contributed by atoms with Gasteiger partial charge in [-0.15, -0.1) is 0 Å². The Labute approximate surface area is 116 Å². The van der Waals surface area contributed by atoms with Crippen LogP contribution < -0.4 is 5.73 Å². The summed E-state index contributed by atoms with van der Waals surface area (Å²) in [6.07, 6.45) is -3.20. The van der Waals surface area contributed by atoms with Crippen LogP contribution in [0.1, 0.15) is 36.9 Å². The van der Waals surface area contributed by atoms with Crippen LogP contribution in [0, 0.1) is 0 Å². The van der Waals surface area contributed by atoms with Crippen LogP contribution in [0.5, 0.6) is 0 Å². The Hall–Kier alpha value is -1.08. The van der Waals surface area contributed by atoms with E-state index in [9.17, 15) is 21.6 Å². The van der Waals surface area contributed by atoms with Gasteiger partial charge in [0.1, 0.15) is 0 Å². The first kappa shape index (κ1) is 17.0. The lowest BCUT2D eigenvalue weighted by Gasteiger charge is -2.14. The number of sulfone groups is 1. The molecule has 0 aromatic heterocycles. The summed E-state index contributed by atoms with van der Waals surface area (Å²) in [6, 6.07) is 3.53. The molecule has 1 rings (SSSR count). The maximum Gasteiger partial charge on any atom is 0.416 e. The smallest absolute Gasteiger partial charge is 0.323 e. The summed E-state index contributed by atoms with van der Waals surface area (Å²) >= 11 is 0. The molecule has 0 amide bonds. The minimum Gasteiger partial charge on any atom is -0.323 e. The highest BCUT2D eigenvalue weighted by molar-refractivity contribution is 7.91. The van der Waals surface area contributed by atoms with Crippen LogP contribution in [0.25, 0.3) is 0 Å². The van der Waals surface area contributed by atoms with Crippen molar-refractivity contribution in [1.29, 1.82) is 0 Å². The minimum absolute atomic E-state index is 0.0101.